The van der Waals surface area contributed by atoms with Gasteiger partial charge in [-0.3, -0.25) is 4.90 Å². The number of halogens is 4. The van der Waals surface area contributed by atoms with Crippen molar-refractivity contribution in [3.63, 3.8) is 0 Å². The van der Waals surface area contributed by atoms with Gasteiger partial charge in [0.1, 0.15) is 28.8 Å². The van der Waals surface area contributed by atoms with E-state index in [0.29, 0.717) is 23.5 Å². The molecule has 0 spiro atoms. The highest BCUT2D eigenvalue weighted by atomic mass is 35.5. The second-order valence-corrected chi connectivity index (χ2v) is 10.2. The first-order valence-electron chi connectivity index (χ1n) is 10.8. The molecule has 0 amide bonds. The van der Waals surface area contributed by atoms with E-state index in [9.17, 15) is 18.3 Å². The molecule has 0 fully saturated rings. The lowest BCUT2D eigenvalue weighted by atomic mass is 9.77. The molecule has 0 saturated carbocycles. The number of rotatable bonds is 2. The molecule has 182 valence electrons. The number of hydrogen-bond acceptors (Lipinski definition) is 4. The smallest absolute Gasteiger partial charge is 0.416 e. The number of fused-ring (bicyclic) bond motifs is 2. The lowest BCUT2D eigenvalue weighted by molar-refractivity contribution is -0.137. The Hall–Kier alpha value is -1.96. The maximum Gasteiger partial charge on any atom is 0.416 e. The van der Waals surface area contributed by atoms with Crippen molar-refractivity contribution in [3.05, 3.63) is 58.7 Å². The third-order valence-electron chi connectivity index (χ3n) is 6.48. The summed E-state index contributed by atoms with van der Waals surface area (Å²) in [5, 5.41) is 11.0. The predicted molar refractivity (Wildman–Crippen MR) is 123 cm³/mol. The average molecular weight is 486 g/mol. The molecular weight excluding hydrogens is 455 g/mol. The summed E-state index contributed by atoms with van der Waals surface area (Å²) in [6, 6.07) is 8.96. The molecule has 8 heteroatoms. The fourth-order valence-electron chi connectivity index (χ4n) is 4.90. The van der Waals surface area contributed by atoms with Crippen molar-refractivity contribution in [2.75, 3.05) is 14.1 Å². The number of hydrogen-bond donors (Lipinski definition) is 1. The lowest BCUT2D eigenvalue weighted by Gasteiger charge is -2.46. The van der Waals surface area contributed by atoms with E-state index in [0.717, 1.165) is 17.2 Å². The Balaban J connectivity index is 0.00000306. The summed E-state index contributed by atoms with van der Waals surface area (Å²) in [6.45, 7) is 7.56. The number of likely N-dealkylation sites (N-methyl/N-ethyl adjacent to an activating group) is 1. The van der Waals surface area contributed by atoms with Crippen molar-refractivity contribution in [1.82, 2.24) is 4.90 Å². The lowest BCUT2D eigenvalue weighted by Crippen LogP contribution is -2.52. The fraction of sp³-hybridized carbons (Fsp3) is 0.520. The molecule has 1 N–H and O–H groups in total. The van der Waals surface area contributed by atoms with E-state index in [1.165, 1.54) is 12.1 Å². The Morgan fingerprint density at radius 1 is 0.970 bits per heavy atom. The van der Waals surface area contributed by atoms with Crippen molar-refractivity contribution in [3.8, 4) is 11.5 Å². The van der Waals surface area contributed by atoms with Crippen LogP contribution >= 0.6 is 12.4 Å². The van der Waals surface area contributed by atoms with Gasteiger partial charge in [-0.25, -0.2) is 0 Å². The largest absolute Gasteiger partial charge is 0.487 e. The topological polar surface area (TPSA) is 41.9 Å². The van der Waals surface area contributed by atoms with E-state index in [2.05, 4.69) is 0 Å². The quantitative estimate of drug-likeness (QED) is 0.570. The van der Waals surface area contributed by atoms with E-state index in [1.807, 2.05) is 58.8 Å². The van der Waals surface area contributed by atoms with Gasteiger partial charge in [-0.1, -0.05) is 18.2 Å². The Morgan fingerprint density at radius 2 is 1.61 bits per heavy atom. The highest BCUT2D eigenvalue weighted by Gasteiger charge is 2.46. The normalized spacial score (nSPS) is 25.2. The minimum Gasteiger partial charge on any atom is -0.487 e. The first kappa shape index (κ1) is 25.7. The van der Waals surface area contributed by atoms with Gasteiger partial charge in [-0.2, -0.15) is 13.2 Å². The second kappa shape index (κ2) is 8.36. The number of ether oxygens (including phenoxy) is 2. The zero-order valence-electron chi connectivity index (χ0n) is 19.7. The standard InChI is InChI=1S/C25H30F3NO3.ClH/c1-23(2)13-18(14-8-7-9-15(10-14)25(26,27)28)16-11-17-20(12-19(16)31-23)32-24(3,4)22(30)21(17)29(5)6;/h7-12,18,21-22,30H,13H2,1-6H3;1H/t18-,21+,22?;/m1./s1. The van der Waals surface area contributed by atoms with Crippen molar-refractivity contribution in [2.24, 2.45) is 0 Å². The Bertz CT molecular complexity index is 1040. The van der Waals surface area contributed by atoms with Crippen LogP contribution in [0, 0.1) is 0 Å². The van der Waals surface area contributed by atoms with Crippen LogP contribution in [0.1, 0.15) is 68.3 Å². The van der Waals surface area contributed by atoms with Crippen molar-refractivity contribution in [1.29, 1.82) is 0 Å². The van der Waals surface area contributed by atoms with Gasteiger partial charge in [0.05, 0.1) is 11.6 Å². The van der Waals surface area contributed by atoms with Crippen LogP contribution in [0.2, 0.25) is 0 Å². The van der Waals surface area contributed by atoms with E-state index in [-0.39, 0.29) is 24.4 Å². The van der Waals surface area contributed by atoms with E-state index in [4.69, 9.17) is 9.47 Å². The summed E-state index contributed by atoms with van der Waals surface area (Å²) in [6.07, 6.45) is -4.66. The minimum atomic E-state index is -4.41. The Kier molecular flexibility index (Phi) is 6.50. The molecule has 4 nitrogen and oxygen atoms in total. The summed E-state index contributed by atoms with van der Waals surface area (Å²) in [5.41, 5.74) is 0.179. The third kappa shape index (κ3) is 4.68. The summed E-state index contributed by atoms with van der Waals surface area (Å²) < 4.78 is 52.6. The SMILES string of the molecule is CN(C)[C@H]1c2cc3c(cc2OC(C)(C)C1O)OC(C)(C)C[C@@H]3c1cccc(C(F)(F)F)c1.Cl. The molecule has 3 atom stereocenters. The molecule has 33 heavy (non-hydrogen) atoms. The molecule has 0 radical (unpaired) electrons. The average Bonchev–Trinajstić information content (AvgIpc) is 2.65. The van der Waals surface area contributed by atoms with Crippen molar-refractivity contribution < 1.29 is 27.8 Å². The van der Waals surface area contributed by atoms with Crippen LogP contribution in [0.3, 0.4) is 0 Å². The van der Waals surface area contributed by atoms with Gasteiger partial charge < -0.3 is 14.6 Å². The van der Waals surface area contributed by atoms with Gasteiger partial charge in [0, 0.05) is 23.1 Å². The van der Waals surface area contributed by atoms with E-state index in [1.54, 1.807) is 6.07 Å². The maximum absolute atomic E-state index is 13.4. The van der Waals surface area contributed by atoms with Gasteiger partial charge >= 0.3 is 6.18 Å². The molecule has 4 rings (SSSR count). The number of aliphatic hydroxyl groups is 1. The summed E-state index contributed by atoms with van der Waals surface area (Å²) in [5.74, 6) is 0.946. The molecule has 2 aliphatic rings. The predicted octanol–water partition coefficient (Wildman–Crippen LogP) is 5.95. The van der Waals surface area contributed by atoms with Crippen molar-refractivity contribution >= 4 is 12.4 Å². The molecular formula is C25H31ClF3NO3. The monoisotopic (exact) mass is 485 g/mol. The van der Waals surface area contributed by atoms with Crippen LogP contribution in [-0.4, -0.2) is 41.4 Å². The zero-order chi connectivity index (χ0) is 23.6. The van der Waals surface area contributed by atoms with Crippen LogP contribution in [0.25, 0.3) is 0 Å². The molecule has 2 aromatic carbocycles. The first-order chi connectivity index (χ1) is 14.7. The van der Waals surface area contributed by atoms with Crippen LogP contribution < -0.4 is 9.47 Å². The molecule has 2 heterocycles. The summed E-state index contributed by atoms with van der Waals surface area (Å²) in [7, 11) is 3.78. The highest BCUT2D eigenvalue weighted by molar-refractivity contribution is 5.85. The Labute approximate surface area is 199 Å². The van der Waals surface area contributed by atoms with Crippen molar-refractivity contribution in [2.45, 2.75) is 69.6 Å². The van der Waals surface area contributed by atoms with Gasteiger partial charge in [0.25, 0.3) is 0 Å². The first-order valence-corrected chi connectivity index (χ1v) is 10.8. The fourth-order valence-corrected chi connectivity index (χ4v) is 4.90. The number of nitrogens with zero attached hydrogens (tertiary/aromatic N) is 1. The molecule has 0 bridgehead atoms. The number of aliphatic hydroxyl groups excluding tert-OH is 1. The van der Waals surface area contributed by atoms with Gasteiger partial charge in [-0.15, -0.1) is 12.4 Å². The molecule has 0 saturated heterocycles. The Morgan fingerprint density at radius 3 is 2.21 bits per heavy atom. The van der Waals surface area contributed by atoms with Crippen LogP contribution in [0.15, 0.2) is 36.4 Å². The van der Waals surface area contributed by atoms with Crippen LogP contribution in [0.4, 0.5) is 13.2 Å². The summed E-state index contributed by atoms with van der Waals surface area (Å²) in [4.78, 5) is 1.94. The van der Waals surface area contributed by atoms with Gasteiger partial charge in [0.2, 0.25) is 0 Å². The molecule has 0 aromatic heterocycles. The summed E-state index contributed by atoms with van der Waals surface area (Å²) >= 11 is 0. The maximum atomic E-state index is 13.4. The zero-order valence-corrected chi connectivity index (χ0v) is 20.5. The van der Waals surface area contributed by atoms with Gasteiger partial charge in [0.15, 0.2) is 0 Å². The number of benzene rings is 2. The highest BCUT2D eigenvalue weighted by Crippen LogP contribution is 2.51. The molecule has 2 aliphatic heterocycles. The van der Waals surface area contributed by atoms with Crippen LogP contribution in [-0.2, 0) is 6.18 Å². The molecule has 1 unspecified atom stereocenters. The molecule has 0 aliphatic carbocycles. The van der Waals surface area contributed by atoms with E-state index < -0.39 is 29.0 Å². The minimum absolute atomic E-state index is 0. The van der Waals surface area contributed by atoms with Gasteiger partial charge in [-0.05, 0) is 65.9 Å². The number of alkyl halides is 3. The third-order valence-corrected chi connectivity index (χ3v) is 6.48. The molecule has 2 aromatic rings. The second-order valence-electron chi connectivity index (χ2n) is 10.2. The van der Waals surface area contributed by atoms with Crippen LogP contribution in [0.5, 0.6) is 11.5 Å². The van der Waals surface area contributed by atoms with E-state index >= 15 is 0 Å².